The zero-order valence-corrected chi connectivity index (χ0v) is 11.4. The number of rotatable bonds is 2. The molecule has 0 aromatic heterocycles. The Morgan fingerprint density at radius 2 is 1.80 bits per heavy atom. The largest absolute Gasteiger partial charge is 0.326 e. The van der Waals surface area contributed by atoms with E-state index in [4.69, 9.17) is 0 Å². The lowest BCUT2D eigenvalue weighted by Gasteiger charge is -2.20. The van der Waals surface area contributed by atoms with Crippen molar-refractivity contribution in [3.05, 3.63) is 30.3 Å². The van der Waals surface area contributed by atoms with E-state index >= 15 is 0 Å². The molecule has 0 spiro atoms. The van der Waals surface area contributed by atoms with Crippen LogP contribution in [0.3, 0.4) is 0 Å². The van der Waals surface area contributed by atoms with Gasteiger partial charge in [0.2, 0.25) is 5.91 Å². The lowest BCUT2D eigenvalue weighted by molar-refractivity contribution is -0.118. The van der Waals surface area contributed by atoms with Crippen molar-refractivity contribution in [3.63, 3.8) is 0 Å². The Bertz CT molecular complexity index is 497. The van der Waals surface area contributed by atoms with Gasteiger partial charge in [0.15, 0.2) is 0 Å². The van der Waals surface area contributed by atoms with Crippen molar-refractivity contribution in [2.24, 2.45) is 0 Å². The summed E-state index contributed by atoms with van der Waals surface area (Å²) in [5, 5.41) is 2.87. The predicted molar refractivity (Wildman–Crippen MR) is 76.5 cm³/mol. The van der Waals surface area contributed by atoms with Crippen LogP contribution < -0.4 is 10.2 Å². The van der Waals surface area contributed by atoms with E-state index in [1.807, 2.05) is 30.3 Å². The fraction of sp³-hybridized carbons (Fsp3) is 0.467. The van der Waals surface area contributed by atoms with Gasteiger partial charge in [-0.1, -0.05) is 18.2 Å². The number of amides is 3. The first-order chi connectivity index (χ1) is 9.75. The molecule has 1 aromatic carbocycles. The lowest BCUT2D eigenvalue weighted by Crippen LogP contribution is -2.47. The van der Waals surface area contributed by atoms with E-state index in [2.05, 4.69) is 5.32 Å². The van der Waals surface area contributed by atoms with Crippen LogP contribution in [0.1, 0.15) is 19.3 Å². The summed E-state index contributed by atoms with van der Waals surface area (Å²) in [4.78, 5) is 27.9. The Balaban J connectivity index is 1.62. The van der Waals surface area contributed by atoms with Gasteiger partial charge >= 0.3 is 6.03 Å². The van der Waals surface area contributed by atoms with Crippen LogP contribution in [0.5, 0.6) is 0 Å². The third kappa shape index (κ3) is 2.48. The van der Waals surface area contributed by atoms with Crippen molar-refractivity contribution in [1.29, 1.82) is 0 Å². The highest BCUT2D eigenvalue weighted by Gasteiger charge is 2.34. The molecule has 106 valence electrons. The fourth-order valence-corrected chi connectivity index (χ4v) is 2.84. The number of hydrogen-bond acceptors (Lipinski definition) is 2. The van der Waals surface area contributed by atoms with Crippen LogP contribution >= 0.6 is 0 Å². The molecule has 0 bridgehead atoms. The monoisotopic (exact) mass is 273 g/mol. The second kappa shape index (κ2) is 5.53. The standard InChI is InChI=1S/C15H19N3O2/c19-14-13(16-15(20)17-9-4-5-10-17)8-11-18(14)12-6-2-1-3-7-12/h1-3,6-7,13H,4-5,8-11H2,(H,16,20). The highest BCUT2D eigenvalue weighted by molar-refractivity contribution is 6.01. The lowest BCUT2D eigenvalue weighted by atomic mass is 10.2. The number of nitrogens with zero attached hydrogens (tertiary/aromatic N) is 2. The van der Waals surface area contributed by atoms with E-state index in [1.54, 1.807) is 9.80 Å². The minimum absolute atomic E-state index is 0.0104. The molecule has 0 saturated carbocycles. The average Bonchev–Trinajstić information content (AvgIpc) is 3.11. The van der Waals surface area contributed by atoms with Gasteiger partial charge in [-0.2, -0.15) is 0 Å². The van der Waals surface area contributed by atoms with Gasteiger partial charge in [-0.15, -0.1) is 0 Å². The molecule has 1 N–H and O–H groups in total. The first kappa shape index (κ1) is 13.0. The molecule has 20 heavy (non-hydrogen) atoms. The van der Waals surface area contributed by atoms with Crippen LogP contribution in [0.2, 0.25) is 0 Å². The molecular formula is C15H19N3O2. The molecule has 5 nitrogen and oxygen atoms in total. The number of nitrogens with one attached hydrogen (secondary N) is 1. The first-order valence-corrected chi connectivity index (χ1v) is 7.17. The molecule has 0 radical (unpaired) electrons. The maximum Gasteiger partial charge on any atom is 0.318 e. The van der Waals surface area contributed by atoms with Crippen LogP contribution in [0.15, 0.2) is 30.3 Å². The maximum absolute atomic E-state index is 12.3. The van der Waals surface area contributed by atoms with Crippen LogP contribution in [0, 0.1) is 0 Å². The average molecular weight is 273 g/mol. The molecule has 1 unspecified atom stereocenters. The summed E-state index contributed by atoms with van der Waals surface area (Å²) in [6.07, 6.45) is 2.79. The number of likely N-dealkylation sites (tertiary alicyclic amines) is 1. The van der Waals surface area contributed by atoms with Crippen LogP contribution in [0.25, 0.3) is 0 Å². The van der Waals surface area contributed by atoms with Gasteiger partial charge in [0.25, 0.3) is 0 Å². The Labute approximate surface area is 118 Å². The Morgan fingerprint density at radius 3 is 2.50 bits per heavy atom. The molecule has 2 heterocycles. The zero-order valence-electron chi connectivity index (χ0n) is 11.4. The van der Waals surface area contributed by atoms with Gasteiger partial charge in [0.05, 0.1) is 0 Å². The van der Waals surface area contributed by atoms with Crippen molar-refractivity contribution >= 4 is 17.6 Å². The van der Waals surface area contributed by atoms with E-state index in [-0.39, 0.29) is 18.0 Å². The van der Waals surface area contributed by atoms with Gasteiger partial charge in [0, 0.05) is 25.3 Å². The highest BCUT2D eigenvalue weighted by atomic mass is 16.2. The molecule has 2 aliphatic rings. The van der Waals surface area contributed by atoms with Crippen LogP contribution in [-0.4, -0.2) is 42.5 Å². The first-order valence-electron chi connectivity index (χ1n) is 7.17. The number of para-hydroxylation sites is 1. The van der Waals surface area contributed by atoms with Crippen molar-refractivity contribution < 1.29 is 9.59 Å². The molecule has 3 amide bonds. The zero-order chi connectivity index (χ0) is 13.9. The second-order valence-corrected chi connectivity index (χ2v) is 5.31. The summed E-state index contributed by atoms with van der Waals surface area (Å²) in [6.45, 7) is 2.26. The molecule has 1 atom stereocenters. The minimum atomic E-state index is -0.386. The molecule has 1 aromatic rings. The quantitative estimate of drug-likeness (QED) is 0.889. The molecule has 0 aliphatic carbocycles. The Morgan fingerprint density at radius 1 is 1.10 bits per heavy atom. The number of benzene rings is 1. The molecule has 2 fully saturated rings. The van der Waals surface area contributed by atoms with Gasteiger partial charge in [-0.05, 0) is 31.4 Å². The van der Waals surface area contributed by atoms with Gasteiger partial charge in [-0.3, -0.25) is 4.79 Å². The van der Waals surface area contributed by atoms with Gasteiger partial charge in [-0.25, -0.2) is 4.79 Å². The SMILES string of the molecule is O=C(NC1CCN(c2ccccc2)C1=O)N1CCCC1. The summed E-state index contributed by atoms with van der Waals surface area (Å²) in [5.74, 6) is -0.0104. The van der Waals surface area contributed by atoms with Crippen molar-refractivity contribution in [1.82, 2.24) is 10.2 Å². The summed E-state index contributed by atoms with van der Waals surface area (Å²) >= 11 is 0. The van der Waals surface area contributed by atoms with E-state index in [9.17, 15) is 9.59 Å². The highest BCUT2D eigenvalue weighted by Crippen LogP contribution is 2.21. The summed E-state index contributed by atoms with van der Waals surface area (Å²) in [7, 11) is 0. The minimum Gasteiger partial charge on any atom is -0.326 e. The van der Waals surface area contributed by atoms with E-state index < -0.39 is 0 Å². The third-order valence-corrected chi connectivity index (χ3v) is 3.96. The number of urea groups is 1. The van der Waals surface area contributed by atoms with Crippen molar-refractivity contribution in [2.75, 3.05) is 24.5 Å². The summed E-state index contributed by atoms with van der Waals surface area (Å²) < 4.78 is 0. The summed E-state index contributed by atoms with van der Waals surface area (Å²) in [6, 6.07) is 9.11. The Kier molecular flexibility index (Phi) is 3.58. The molecule has 2 aliphatic heterocycles. The normalized spacial score (nSPS) is 22.4. The van der Waals surface area contributed by atoms with Crippen molar-refractivity contribution in [3.8, 4) is 0 Å². The van der Waals surface area contributed by atoms with Gasteiger partial charge in [0.1, 0.15) is 6.04 Å². The van der Waals surface area contributed by atoms with E-state index in [1.165, 1.54) is 0 Å². The molecular weight excluding hydrogens is 254 g/mol. The molecule has 5 heteroatoms. The topological polar surface area (TPSA) is 52.7 Å². The number of carbonyl (C=O) groups is 2. The second-order valence-electron chi connectivity index (χ2n) is 5.31. The summed E-state index contributed by atoms with van der Waals surface area (Å²) in [5.41, 5.74) is 0.899. The van der Waals surface area contributed by atoms with Crippen LogP contribution in [-0.2, 0) is 4.79 Å². The number of anilines is 1. The van der Waals surface area contributed by atoms with Crippen LogP contribution in [0.4, 0.5) is 10.5 Å². The van der Waals surface area contributed by atoms with Crippen molar-refractivity contribution in [2.45, 2.75) is 25.3 Å². The van der Waals surface area contributed by atoms with E-state index in [0.29, 0.717) is 13.0 Å². The smallest absolute Gasteiger partial charge is 0.318 e. The number of carbonyl (C=O) groups excluding carboxylic acids is 2. The molecule has 2 saturated heterocycles. The maximum atomic E-state index is 12.3. The van der Waals surface area contributed by atoms with E-state index in [0.717, 1.165) is 31.6 Å². The number of hydrogen-bond donors (Lipinski definition) is 1. The molecule has 3 rings (SSSR count). The predicted octanol–water partition coefficient (Wildman–Crippen LogP) is 1.60. The fourth-order valence-electron chi connectivity index (χ4n) is 2.84. The Hall–Kier alpha value is -2.04. The van der Waals surface area contributed by atoms with Gasteiger partial charge < -0.3 is 15.1 Å². The third-order valence-electron chi connectivity index (χ3n) is 3.96.